The van der Waals surface area contributed by atoms with Crippen LogP contribution in [0.1, 0.15) is 56.9 Å². The van der Waals surface area contributed by atoms with Crippen LogP contribution in [0.15, 0.2) is 36.4 Å². The van der Waals surface area contributed by atoms with E-state index in [1.54, 1.807) is 0 Å². The van der Waals surface area contributed by atoms with E-state index >= 15 is 0 Å². The summed E-state index contributed by atoms with van der Waals surface area (Å²) in [5.74, 6) is 0.211. The quantitative estimate of drug-likeness (QED) is 0.391. The maximum Gasteiger partial charge on any atom is 0.313 e. The molecule has 0 aromatic heterocycles. The first-order chi connectivity index (χ1) is 16.5. The number of piperazine rings is 1. The molecule has 0 radical (unpaired) electrons. The number of fused-ring (bicyclic) bond motifs is 1. The smallest absolute Gasteiger partial charge is 0.313 e. The van der Waals surface area contributed by atoms with Crippen molar-refractivity contribution in [3.05, 3.63) is 42.0 Å². The topological polar surface area (TPSA) is 61.9 Å². The molecule has 0 bridgehead atoms. The van der Waals surface area contributed by atoms with Crippen molar-refractivity contribution >= 4 is 17.6 Å². The Morgan fingerprint density at radius 3 is 2.47 bits per heavy atom. The number of esters is 1. The number of allylic oxidation sites excluding steroid dienone is 1. The average molecular weight is 466 g/mol. The molecule has 4 fully saturated rings. The maximum atomic E-state index is 12.7. The van der Waals surface area contributed by atoms with Gasteiger partial charge in [-0.2, -0.15) is 0 Å². The molecule has 2 saturated heterocycles. The summed E-state index contributed by atoms with van der Waals surface area (Å²) in [4.78, 5) is 30.1. The monoisotopic (exact) mass is 465 g/mol. The zero-order valence-electron chi connectivity index (χ0n) is 20.4. The fraction of sp³-hybridized carbons (Fsp3) is 0.643. The Hall–Kier alpha value is -2.18. The summed E-state index contributed by atoms with van der Waals surface area (Å²) in [6, 6.07) is 8.71. The lowest BCUT2D eigenvalue weighted by Gasteiger charge is -2.39. The van der Waals surface area contributed by atoms with Crippen LogP contribution in [0.2, 0.25) is 0 Å². The SMILES string of the molecule is C=C1CC2COC(=O)C2(Cc2ccc(NC(=O)CN3CCN(C4CCCCCC4)CC3)cc2)C1. The van der Waals surface area contributed by atoms with Gasteiger partial charge in [-0.25, -0.2) is 0 Å². The van der Waals surface area contributed by atoms with Gasteiger partial charge < -0.3 is 10.1 Å². The van der Waals surface area contributed by atoms with Crippen LogP contribution in [-0.2, 0) is 20.7 Å². The lowest BCUT2D eigenvalue weighted by molar-refractivity contribution is -0.146. The highest BCUT2D eigenvalue weighted by molar-refractivity contribution is 5.92. The summed E-state index contributed by atoms with van der Waals surface area (Å²) in [5.41, 5.74) is 2.62. The molecule has 4 aliphatic rings. The standard InChI is InChI=1S/C28H39N3O3/c1-21-16-23-20-34-27(33)28(23,17-21)18-22-8-10-24(11-9-22)29-26(32)19-30-12-14-31(15-13-30)25-6-4-2-3-5-7-25/h8-11,23,25H,1-7,12-20H2,(H,29,32). The van der Waals surface area contributed by atoms with Gasteiger partial charge in [-0.15, -0.1) is 0 Å². The van der Waals surface area contributed by atoms with E-state index in [9.17, 15) is 9.59 Å². The van der Waals surface area contributed by atoms with Gasteiger partial charge in [0.2, 0.25) is 5.91 Å². The van der Waals surface area contributed by atoms with E-state index in [1.807, 2.05) is 24.3 Å². The van der Waals surface area contributed by atoms with Crippen molar-refractivity contribution in [3.63, 3.8) is 0 Å². The highest BCUT2D eigenvalue weighted by atomic mass is 16.5. The number of carbonyl (C=O) groups excluding carboxylic acids is 2. The van der Waals surface area contributed by atoms with Crippen molar-refractivity contribution in [1.29, 1.82) is 0 Å². The second kappa shape index (κ2) is 10.2. The maximum absolute atomic E-state index is 12.7. The third-order valence-corrected chi connectivity index (χ3v) is 8.58. The first-order valence-corrected chi connectivity index (χ1v) is 13.2. The number of anilines is 1. The minimum absolute atomic E-state index is 0.0424. The highest BCUT2D eigenvalue weighted by Crippen LogP contribution is 2.52. The van der Waals surface area contributed by atoms with Gasteiger partial charge >= 0.3 is 5.97 Å². The highest BCUT2D eigenvalue weighted by Gasteiger charge is 2.55. The average Bonchev–Trinajstić information content (AvgIpc) is 3.14. The van der Waals surface area contributed by atoms with Crippen LogP contribution in [-0.4, -0.2) is 67.0 Å². The van der Waals surface area contributed by atoms with Gasteiger partial charge in [0.15, 0.2) is 0 Å². The summed E-state index contributed by atoms with van der Waals surface area (Å²) < 4.78 is 5.39. The van der Waals surface area contributed by atoms with E-state index in [4.69, 9.17) is 4.74 Å². The molecule has 2 aliphatic carbocycles. The van der Waals surface area contributed by atoms with Gasteiger partial charge in [0.05, 0.1) is 18.6 Å². The Kier molecular flexibility index (Phi) is 7.07. The fourth-order valence-corrected chi connectivity index (χ4v) is 6.65. The van der Waals surface area contributed by atoms with Gasteiger partial charge in [0.1, 0.15) is 0 Å². The molecule has 2 aliphatic heterocycles. The van der Waals surface area contributed by atoms with Crippen molar-refractivity contribution in [3.8, 4) is 0 Å². The molecule has 2 atom stereocenters. The fourth-order valence-electron chi connectivity index (χ4n) is 6.65. The number of nitrogens with zero attached hydrogens (tertiary/aromatic N) is 2. The molecule has 2 heterocycles. The second-order valence-corrected chi connectivity index (χ2v) is 11.0. The number of cyclic esters (lactones) is 1. The van der Waals surface area contributed by atoms with Crippen LogP contribution in [0.4, 0.5) is 5.69 Å². The van der Waals surface area contributed by atoms with E-state index in [2.05, 4.69) is 21.7 Å². The summed E-state index contributed by atoms with van der Waals surface area (Å²) in [7, 11) is 0. The molecule has 1 aromatic rings. The largest absolute Gasteiger partial charge is 0.465 e. The Bertz CT molecular complexity index is 898. The van der Waals surface area contributed by atoms with Crippen molar-refractivity contribution in [2.45, 2.75) is 63.8 Å². The van der Waals surface area contributed by atoms with Crippen LogP contribution in [0.5, 0.6) is 0 Å². The van der Waals surface area contributed by atoms with Crippen molar-refractivity contribution in [1.82, 2.24) is 9.80 Å². The molecule has 0 spiro atoms. The molecule has 184 valence electrons. The van der Waals surface area contributed by atoms with Gasteiger partial charge in [0.25, 0.3) is 0 Å². The number of amides is 1. The number of nitrogens with one attached hydrogen (secondary N) is 1. The minimum Gasteiger partial charge on any atom is -0.465 e. The minimum atomic E-state index is -0.444. The zero-order chi connectivity index (χ0) is 23.5. The van der Waals surface area contributed by atoms with Crippen LogP contribution in [0, 0.1) is 11.3 Å². The first kappa shape index (κ1) is 23.6. The Morgan fingerprint density at radius 1 is 1.06 bits per heavy atom. The molecule has 2 unspecified atom stereocenters. The molecule has 6 nitrogen and oxygen atoms in total. The normalized spacial score (nSPS) is 29.0. The van der Waals surface area contributed by atoms with E-state index in [1.165, 1.54) is 38.5 Å². The van der Waals surface area contributed by atoms with Crippen LogP contribution in [0.3, 0.4) is 0 Å². The number of ether oxygens (including phenoxy) is 1. The summed E-state index contributed by atoms with van der Waals surface area (Å²) in [6.45, 7) is 9.16. The van der Waals surface area contributed by atoms with E-state index in [0.29, 0.717) is 19.6 Å². The van der Waals surface area contributed by atoms with Crippen LogP contribution < -0.4 is 5.32 Å². The van der Waals surface area contributed by atoms with Gasteiger partial charge in [-0.05, 0) is 49.8 Å². The van der Waals surface area contributed by atoms with E-state index < -0.39 is 5.41 Å². The second-order valence-electron chi connectivity index (χ2n) is 11.0. The number of benzene rings is 1. The predicted molar refractivity (Wildman–Crippen MR) is 134 cm³/mol. The van der Waals surface area contributed by atoms with Gasteiger partial charge in [-0.3, -0.25) is 19.4 Å². The van der Waals surface area contributed by atoms with Crippen molar-refractivity contribution in [2.75, 3.05) is 44.6 Å². The molecule has 6 heteroatoms. The Balaban J connectivity index is 1.09. The van der Waals surface area contributed by atoms with E-state index in [-0.39, 0.29) is 17.8 Å². The summed E-state index contributed by atoms with van der Waals surface area (Å²) >= 11 is 0. The lowest BCUT2D eigenvalue weighted by Crippen LogP contribution is -2.51. The van der Waals surface area contributed by atoms with Crippen molar-refractivity contribution < 1.29 is 14.3 Å². The predicted octanol–water partition coefficient (Wildman–Crippen LogP) is 4.02. The molecule has 1 N–H and O–H groups in total. The number of hydrogen-bond donors (Lipinski definition) is 1. The molecule has 5 rings (SSSR count). The first-order valence-electron chi connectivity index (χ1n) is 13.2. The summed E-state index contributed by atoms with van der Waals surface area (Å²) in [5, 5.41) is 3.05. The molecular weight excluding hydrogens is 426 g/mol. The van der Waals surface area contributed by atoms with Gasteiger partial charge in [0, 0.05) is 43.8 Å². The molecule has 34 heavy (non-hydrogen) atoms. The summed E-state index contributed by atoms with van der Waals surface area (Å²) in [6.07, 6.45) is 10.5. The van der Waals surface area contributed by atoms with Crippen molar-refractivity contribution in [2.24, 2.45) is 11.3 Å². The Morgan fingerprint density at radius 2 is 1.76 bits per heavy atom. The molecular formula is C28H39N3O3. The van der Waals surface area contributed by atoms with E-state index in [0.717, 1.165) is 61.9 Å². The molecule has 1 aromatic carbocycles. The molecule has 2 saturated carbocycles. The third-order valence-electron chi connectivity index (χ3n) is 8.58. The zero-order valence-corrected chi connectivity index (χ0v) is 20.4. The van der Waals surface area contributed by atoms with Gasteiger partial charge in [-0.1, -0.05) is 50.0 Å². The Labute approximate surface area is 203 Å². The third kappa shape index (κ3) is 5.08. The lowest BCUT2D eigenvalue weighted by atomic mass is 9.75. The number of rotatable bonds is 6. The number of carbonyl (C=O) groups is 2. The number of hydrogen-bond acceptors (Lipinski definition) is 5. The molecule has 1 amide bonds. The van der Waals surface area contributed by atoms with Crippen LogP contribution >= 0.6 is 0 Å². The van der Waals surface area contributed by atoms with Crippen LogP contribution in [0.25, 0.3) is 0 Å².